The molecule has 0 saturated heterocycles. The number of para-hydroxylation sites is 2. The minimum absolute atomic E-state index is 0.0868. The molecular formula is C12H12N2O5S. The van der Waals surface area contributed by atoms with Crippen LogP contribution in [0.15, 0.2) is 35.5 Å². The smallest absolute Gasteiger partial charge is 0.223 e. The summed E-state index contributed by atoms with van der Waals surface area (Å²) < 4.78 is 33.8. The molecule has 8 heteroatoms. The summed E-state index contributed by atoms with van der Waals surface area (Å²) in [5, 5.41) is 16.4. The summed E-state index contributed by atoms with van der Waals surface area (Å²) in [6.07, 6.45) is 2.21. The van der Waals surface area contributed by atoms with Crippen LogP contribution in [0.25, 0.3) is 0 Å². The van der Waals surface area contributed by atoms with Crippen LogP contribution in [0.4, 0.5) is 0 Å². The molecule has 1 aromatic heterocycles. The minimum Gasteiger partial charge on any atom is -0.504 e. The summed E-state index contributed by atoms with van der Waals surface area (Å²) >= 11 is 0. The summed E-state index contributed by atoms with van der Waals surface area (Å²) in [5.41, 5.74) is 0. The third-order valence-corrected chi connectivity index (χ3v) is 3.36. The molecule has 0 spiro atoms. The van der Waals surface area contributed by atoms with Crippen LogP contribution in [0.1, 0.15) is 0 Å². The highest BCUT2D eigenvalue weighted by atomic mass is 32.2. The third-order valence-electron chi connectivity index (χ3n) is 2.39. The highest BCUT2D eigenvalue weighted by Crippen LogP contribution is 2.38. The second kappa shape index (κ2) is 5.33. The summed E-state index contributed by atoms with van der Waals surface area (Å²) in [4.78, 5) is 0. The lowest BCUT2D eigenvalue weighted by Crippen LogP contribution is -2.06. The van der Waals surface area contributed by atoms with Crippen molar-refractivity contribution in [1.29, 1.82) is 0 Å². The number of sulfone groups is 1. The molecule has 20 heavy (non-hydrogen) atoms. The molecule has 1 aromatic carbocycles. The Bertz CT molecular complexity index is 730. The summed E-state index contributed by atoms with van der Waals surface area (Å²) in [6.45, 7) is 0. The fourth-order valence-electron chi connectivity index (χ4n) is 1.48. The predicted molar refractivity (Wildman–Crippen MR) is 69.9 cm³/mol. The largest absolute Gasteiger partial charge is 0.504 e. The molecule has 0 atom stereocenters. The topological polar surface area (TPSA) is 98.6 Å². The number of aromatic nitrogens is 2. The molecule has 1 N–H and O–H groups in total. The molecule has 0 amide bonds. The van der Waals surface area contributed by atoms with E-state index in [1.807, 2.05) is 0 Å². The maximum Gasteiger partial charge on any atom is 0.223 e. The monoisotopic (exact) mass is 296 g/mol. The van der Waals surface area contributed by atoms with E-state index in [4.69, 9.17) is 9.47 Å². The number of hydrogen-bond donors (Lipinski definition) is 1. The molecule has 0 fully saturated rings. The highest BCUT2D eigenvalue weighted by Gasteiger charge is 2.23. The second-order valence-corrected chi connectivity index (χ2v) is 5.82. The number of benzene rings is 1. The molecule has 0 radical (unpaired) electrons. The van der Waals surface area contributed by atoms with Crippen molar-refractivity contribution in [1.82, 2.24) is 10.2 Å². The van der Waals surface area contributed by atoms with E-state index in [9.17, 15) is 13.5 Å². The van der Waals surface area contributed by atoms with Crippen LogP contribution in [0, 0.1) is 0 Å². The van der Waals surface area contributed by atoms with Crippen LogP contribution in [-0.4, -0.2) is 37.1 Å². The standard InChI is InChI=1S/C12H12N2O5S/c1-18-10-7-13-14-12(20(2,16)17)11(10)19-9-6-4-3-5-8(9)15/h3-7,15H,1-2H3. The van der Waals surface area contributed by atoms with Gasteiger partial charge in [0.2, 0.25) is 10.8 Å². The molecular weight excluding hydrogens is 284 g/mol. The Kier molecular flexibility index (Phi) is 3.75. The zero-order valence-corrected chi connectivity index (χ0v) is 11.6. The van der Waals surface area contributed by atoms with Gasteiger partial charge in [0.1, 0.15) is 0 Å². The number of phenolic OH excluding ortho intramolecular Hbond substituents is 1. The number of hydrogen-bond acceptors (Lipinski definition) is 7. The number of methoxy groups -OCH3 is 1. The lowest BCUT2D eigenvalue weighted by atomic mass is 10.3. The van der Waals surface area contributed by atoms with Gasteiger partial charge in [-0.3, -0.25) is 0 Å². The van der Waals surface area contributed by atoms with E-state index in [0.29, 0.717) is 0 Å². The Morgan fingerprint density at radius 3 is 2.50 bits per heavy atom. The van der Waals surface area contributed by atoms with Gasteiger partial charge in [0.15, 0.2) is 27.1 Å². The Morgan fingerprint density at radius 1 is 1.20 bits per heavy atom. The van der Waals surface area contributed by atoms with Crippen LogP contribution in [0.5, 0.6) is 23.0 Å². The van der Waals surface area contributed by atoms with E-state index in [1.165, 1.54) is 25.4 Å². The molecule has 0 aliphatic rings. The van der Waals surface area contributed by atoms with E-state index >= 15 is 0 Å². The molecule has 106 valence electrons. The quantitative estimate of drug-likeness (QED) is 0.910. The first-order valence-corrected chi connectivity index (χ1v) is 7.38. The van der Waals surface area contributed by atoms with Crippen molar-refractivity contribution >= 4 is 9.84 Å². The normalized spacial score (nSPS) is 11.1. The third kappa shape index (κ3) is 2.80. The summed E-state index contributed by atoms with van der Waals surface area (Å²) in [5.74, 6) is -0.0651. The van der Waals surface area contributed by atoms with E-state index in [0.717, 1.165) is 6.26 Å². The average Bonchev–Trinajstić information content (AvgIpc) is 2.40. The molecule has 0 aliphatic heterocycles. The van der Waals surface area contributed by atoms with Gasteiger partial charge in [-0.15, -0.1) is 5.10 Å². The van der Waals surface area contributed by atoms with Crippen molar-refractivity contribution in [2.24, 2.45) is 0 Å². The van der Waals surface area contributed by atoms with E-state index in [1.54, 1.807) is 12.1 Å². The Balaban J connectivity index is 2.58. The molecule has 0 saturated carbocycles. The van der Waals surface area contributed by atoms with Gasteiger partial charge in [-0.05, 0) is 12.1 Å². The lowest BCUT2D eigenvalue weighted by molar-refractivity contribution is 0.353. The molecule has 1 heterocycles. The van der Waals surface area contributed by atoms with Crippen molar-refractivity contribution in [3.63, 3.8) is 0 Å². The van der Waals surface area contributed by atoms with Crippen LogP contribution < -0.4 is 9.47 Å². The first-order valence-electron chi connectivity index (χ1n) is 5.49. The second-order valence-electron chi connectivity index (χ2n) is 3.89. The predicted octanol–water partition coefficient (Wildman–Crippen LogP) is 1.39. The first-order chi connectivity index (χ1) is 9.43. The Hall–Kier alpha value is -2.35. The molecule has 7 nitrogen and oxygen atoms in total. The zero-order valence-electron chi connectivity index (χ0n) is 10.8. The van der Waals surface area contributed by atoms with Crippen molar-refractivity contribution in [3.05, 3.63) is 30.5 Å². The fraction of sp³-hybridized carbons (Fsp3) is 0.167. The maximum absolute atomic E-state index is 11.7. The van der Waals surface area contributed by atoms with Crippen LogP contribution in [-0.2, 0) is 9.84 Å². The number of aromatic hydroxyl groups is 1. The van der Waals surface area contributed by atoms with Gasteiger partial charge in [-0.1, -0.05) is 12.1 Å². The van der Waals surface area contributed by atoms with Gasteiger partial charge < -0.3 is 14.6 Å². The number of ether oxygens (including phenoxy) is 2. The molecule has 2 aromatic rings. The van der Waals surface area contributed by atoms with E-state index in [2.05, 4.69) is 10.2 Å². The van der Waals surface area contributed by atoms with Crippen molar-refractivity contribution in [2.45, 2.75) is 5.03 Å². The average molecular weight is 296 g/mol. The minimum atomic E-state index is -3.66. The zero-order chi connectivity index (χ0) is 14.8. The fourth-order valence-corrected chi connectivity index (χ4v) is 2.15. The molecule has 2 rings (SSSR count). The van der Waals surface area contributed by atoms with Crippen LogP contribution in [0.2, 0.25) is 0 Å². The highest BCUT2D eigenvalue weighted by molar-refractivity contribution is 7.90. The van der Waals surface area contributed by atoms with Gasteiger partial charge in [-0.25, -0.2) is 8.42 Å². The summed E-state index contributed by atoms with van der Waals surface area (Å²) in [7, 11) is -2.31. The number of phenols is 1. The lowest BCUT2D eigenvalue weighted by Gasteiger charge is -2.12. The van der Waals surface area contributed by atoms with E-state index in [-0.39, 0.29) is 28.0 Å². The van der Waals surface area contributed by atoms with Crippen molar-refractivity contribution in [3.8, 4) is 23.0 Å². The van der Waals surface area contributed by atoms with Crippen molar-refractivity contribution in [2.75, 3.05) is 13.4 Å². The Morgan fingerprint density at radius 2 is 1.90 bits per heavy atom. The van der Waals surface area contributed by atoms with Gasteiger partial charge in [0.25, 0.3) is 0 Å². The molecule has 0 unspecified atom stereocenters. The number of rotatable bonds is 4. The SMILES string of the molecule is COc1cnnc(S(C)(=O)=O)c1Oc1ccccc1O. The van der Waals surface area contributed by atoms with Crippen LogP contribution >= 0.6 is 0 Å². The van der Waals surface area contributed by atoms with Gasteiger partial charge in [-0.2, -0.15) is 5.10 Å². The first kappa shape index (κ1) is 14.1. The van der Waals surface area contributed by atoms with Crippen molar-refractivity contribution < 1.29 is 23.0 Å². The van der Waals surface area contributed by atoms with Gasteiger partial charge in [0.05, 0.1) is 13.3 Å². The number of nitrogens with zero attached hydrogens (tertiary/aromatic N) is 2. The van der Waals surface area contributed by atoms with E-state index < -0.39 is 9.84 Å². The molecule has 0 aliphatic carbocycles. The Labute approximate surface area is 115 Å². The van der Waals surface area contributed by atoms with Gasteiger partial charge in [0, 0.05) is 6.26 Å². The molecule has 0 bridgehead atoms. The van der Waals surface area contributed by atoms with Gasteiger partial charge >= 0.3 is 0 Å². The summed E-state index contributed by atoms with van der Waals surface area (Å²) in [6, 6.07) is 6.15. The van der Waals surface area contributed by atoms with Crippen LogP contribution in [0.3, 0.4) is 0 Å². The maximum atomic E-state index is 11.7.